The number of furan rings is 1. The van der Waals surface area contributed by atoms with Crippen molar-refractivity contribution in [3.8, 4) is 17.3 Å². The number of piperidine rings is 1. The summed E-state index contributed by atoms with van der Waals surface area (Å²) in [5.41, 5.74) is -0.413. The maximum atomic E-state index is 13.4. The van der Waals surface area contributed by atoms with Gasteiger partial charge < -0.3 is 19.1 Å². The number of thioether (sulfide) groups is 1. The zero-order valence-electron chi connectivity index (χ0n) is 20.3. The van der Waals surface area contributed by atoms with Crippen LogP contribution in [0.4, 0.5) is 13.2 Å². The van der Waals surface area contributed by atoms with E-state index >= 15 is 0 Å². The third kappa shape index (κ3) is 6.10. The number of hydrogen-bond acceptors (Lipinski definition) is 8. The smallest absolute Gasteiger partial charge is 0.416 e. The maximum Gasteiger partial charge on any atom is 0.416 e. The number of aromatic nitrogens is 4. The number of amides is 1. The number of carbonyl (C=O) groups is 1. The number of carbonyl (C=O) groups excluding carboxylic acids is 1. The normalized spacial score (nSPS) is 14.6. The van der Waals surface area contributed by atoms with E-state index in [-0.39, 0.29) is 34.8 Å². The Bertz CT molecular complexity index is 1360. The Morgan fingerprint density at radius 3 is 2.68 bits per heavy atom. The van der Waals surface area contributed by atoms with E-state index in [4.69, 9.17) is 8.83 Å². The number of halogens is 3. The number of likely N-dealkylation sites (tertiary alicyclic amines) is 1. The molecule has 0 saturated carbocycles. The number of rotatable bonds is 9. The summed E-state index contributed by atoms with van der Waals surface area (Å²) in [6.07, 6.45) is 1.84. The lowest BCUT2D eigenvalue weighted by atomic mass is 10.1. The van der Waals surface area contributed by atoms with Crippen LogP contribution in [-0.2, 0) is 11.9 Å². The van der Waals surface area contributed by atoms with Crippen LogP contribution in [0, 0.1) is 0 Å². The average Bonchev–Trinajstić information content (AvgIpc) is 3.68. The van der Waals surface area contributed by atoms with Gasteiger partial charge in [-0.05, 0) is 56.3 Å². The first-order valence-electron chi connectivity index (χ1n) is 12.1. The van der Waals surface area contributed by atoms with Gasteiger partial charge in [-0.15, -0.1) is 10.2 Å². The molecular weight excluding hydrogens is 521 g/mol. The number of alkyl halides is 3. The third-order valence-corrected chi connectivity index (χ3v) is 6.99. The van der Waals surface area contributed by atoms with Crippen molar-refractivity contribution < 1.29 is 26.8 Å². The van der Waals surface area contributed by atoms with E-state index < -0.39 is 11.7 Å². The van der Waals surface area contributed by atoms with Crippen LogP contribution in [0.3, 0.4) is 0 Å². The van der Waals surface area contributed by atoms with Gasteiger partial charge in [0.15, 0.2) is 16.6 Å². The first-order valence-corrected chi connectivity index (χ1v) is 13.1. The number of oxazole rings is 1. The fraction of sp³-hybridized carbons (Fsp3) is 0.360. The molecule has 4 aromatic rings. The van der Waals surface area contributed by atoms with E-state index in [1.165, 1.54) is 48.5 Å². The average molecular weight is 547 g/mol. The maximum absolute atomic E-state index is 13.4. The molecule has 0 aliphatic carbocycles. The number of benzene rings is 1. The van der Waals surface area contributed by atoms with Crippen LogP contribution in [0.25, 0.3) is 17.3 Å². The Hall–Kier alpha value is -3.58. The summed E-state index contributed by atoms with van der Waals surface area (Å²) in [5, 5.41) is 11.5. The van der Waals surface area contributed by atoms with E-state index in [2.05, 4.69) is 25.4 Å². The van der Waals surface area contributed by atoms with Crippen LogP contribution >= 0.6 is 11.8 Å². The predicted octanol–water partition coefficient (Wildman–Crippen LogP) is 5.04. The molecule has 5 rings (SSSR count). The summed E-state index contributed by atoms with van der Waals surface area (Å²) in [6, 6.07) is 8.18. The molecule has 200 valence electrons. The van der Waals surface area contributed by atoms with Crippen LogP contribution < -0.4 is 5.32 Å². The van der Waals surface area contributed by atoms with Crippen molar-refractivity contribution in [2.24, 2.45) is 0 Å². The summed E-state index contributed by atoms with van der Waals surface area (Å²) in [6.45, 7) is 3.41. The topological polar surface area (TPSA) is 102 Å². The molecule has 1 N–H and O–H groups in total. The van der Waals surface area contributed by atoms with Crippen LogP contribution in [-0.4, -0.2) is 56.7 Å². The highest BCUT2D eigenvalue weighted by molar-refractivity contribution is 7.98. The van der Waals surface area contributed by atoms with Crippen molar-refractivity contribution in [2.45, 2.75) is 36.3 Å². The lowest BCUT2D eigenvalue weighted by Crippen LogP contribution is -2.37. The Kier molecular flexibility index (Phi) is 7.84. The fourth-order valence-corrected chi connectivity index (χ4v) is 5.00. The van der Waals surface area contributed by atoms with Gasteiger partial charge in [-0.25, -0.2) is 4.98 Å². The number of hydrogen-bond donors (Lipinski definition) is 1. The number of nitrogens with one attached hydrogen (secondary N) is 1. The van der Waals surface area contributed by atoms with Crippen LogP contribution in [0.15, 0.2) is 62.9 Å². The van der Waals surface area contributed by atoms with E-state index in [1.54, 1.807) is 12.1 Å². The van der Waals surface area contributed by atoms with Crippen molar-refractivity contribution in [3.05, 3.63) is 66.1 Å². The summed E-state index contributed by atoms with van der Waals surface area (Å²) in [5.74, 6) is 0.721. The van der Waals surface area contributed by atoms with Crippen molar-refractivity contribution in [3.63, 3.8) is 0 Å². The van der Waals surface area contributed by atoms with E-state index in [9.17, 15) is 18.0 Å². The van der Waals surface area contributed by atoms with E-state index in [1.807, 2.05) is 0 Å². The van der Waals surface area contributed by atoms with Gasteiger partial charge >= 0.3 is 6.18 Å². The van der Waals surface area contributed by atoms with Gasteiger partial charge in [-0.3, -0.25) is 9.36 Å². The minimum atomic E-state index is -4.51. The summed E-state index contributed by atoms with van der Waals surface area (Å²) >= 11 is 1.16. The summed E-state index contributed by atoms with van der Waals surface area (Å²) in [4.78, 5) is 19.1. The zero-order valence-corrected chi connectivity index (χ0v) is 21.1. The minimum Gasteiger partial charge on any atom is -0.461 e. The fourth-order valence-electron chi connectivity index (χ4n) is 4.19. The first-order chi connectivity index (χ1) is 18.4. The summed E-state index contributed by atoms with van der Waals surface area (Å²) in [7, 11) is 0. The molecule has 0 bridgehead atoms. The quantitative estimate of drug-likeness (QED) is 0.291. The molecule has 4 heterocycles. The molecule has 1 aromatic carbocycles. The molecule has 13 heteroatoms. The lowest BCUT2D eigenvalue weighted by Gasteiger charge is -2.26. The molecule has 1 saturated heterocycles. The molecule has 3 aromatic heterocycles. The van der Waals surface area contributed by atoms with Crippen molar-refractivity contribution in [1.29, 1.82) is 0 Å². The molecule has 1 aliphatic heterocycles. The Morgan fingerprint density at radius 2 is 1.92 bits per heavy atom. The molecule has 1 aliphatic rings. The lowest BCUT2D eigenvalue weighted by molar-refractivity contribution is -0.137. The first kappa shape index (κ1) is 26.0. The van der Waals surface area contributed by atoms with Gasteiger partial charge in [-0.1, -0.05) is 24.2 Å². The van der Waals surface area contributed by atoms with Gasteiger partial charge in [0, 0.05) is 13.1 Å². The van der Waals surface area contributed by atoms with Crippen molar-refractivity contribution in [1.82, 2.24) is 30.0 Å². The highest BCUT2D eigenvalue weighted by Crippen LogP contribution is 2.34. The second kappa shape index (κ2) is 11.4. The van der Waals surface area contributed by atoms with Crippen molar-refractivity contribution >= 4 is 17.7 Å². The number of nitrogens with zero attached hydrogens (tertiary/aromatic N) is 5. The second-order valence-corrected chi connectivity index (χ2v) is 9.68. The molecule has 38 heavy (non-hydrogen) atoms. The largest absolute Gasteiger partial charge is 0.461 e. The SMILES string of the molecule is O=C(NCCN1CCCCC1)c1coc(CSc2nnc(-c3ccco3)n2-c2cccc(C(F)(F)F)c2)n1. The van der Waals surface area contributed by atoms with Gasteiger partial charge in [0.05, 0.1) is 23.3 Å². The van der Waals surface area contributed by atoms with Gasteiger partial charge in [0.25, 0.3) is 5.91 Å². The summed E-state index contributed by atoms with van der Waals surface area (Å²) < 4.78 is 52.5. The van der Waals surface area contributed by atoms with E-state index in [0.29, 0.717) is 17.5 Å². The minimum absolute atomic E-state index is 0.162. The molecule has 0 radical (unpaired) electrons. The molecule has 9 nitrogen and oxygen atoms in total. The van der Waals surface area contributed by atoms with E-state index in [0.717, 1.165) is 43.5 Å². The Balaban J connectivity index is 1.28. The molecule has 1 amide bonds. The third-order valence-electron chi connectivity index (χ3n) is 6.08. The van der Waals surface area contributed by atoms with Gasteiger partial charge in [0.1, 0.15) is 6.26 Å². The molecular formula is C25H25F3N6O3S. The van der Waals surface area contributed by atoms with Crippen LogP contribution in [0.5, 0.6) is 0 Å². The van der Waals surface area contributed by atoms with Crippen LogP contribution in [0.2, 0.25) is 0 Å². The second-order valence-electron chi connectivity index (χ2n) is 8.74. The monoisotopic (exact) mass is 546 g/mol. The van der Waals surface area contributed by atoms with Gasteiger partial charge in [-0.2, -0.15) is 13.2 Å². The predicted molar refractivity (Wildman–Crippen MR) is 133 cm³/mol. The Labute approximate surface area is 220 Å². The zero-order chi connectivity index (χ0) is 26.5. The standard InChI is InChI=1S/C25H25F3N6O3S/c26-25(27,28)17-6-4-7-18(14-17)34-22(20-8-5-13-36-20)31-32-24(34)38-16-21-30-19(15-37-21)23(35)29-9-12-33-10-2-1-3-11-33/h4-8,13-15H,1-3,9-12,16H2,(H,29,35). The molecule has 1 fully saturated rings. The highest BCUT2D eigenvalue weighted by Gasteiger charge is 2.31. The Morgan fingerprint density at radius 1 is 1.08 bits per heavy atom. The molecule has 0 unspecified atom stereocenters. The highest BCUT2D eigenvalue weighted by atomic mass is 32.2. The molecule has 0 spiro atoms. The van der Waals surface area contributed by atoms with Crippen molar-refractivity contribution in [2.75, 3.05) is 26.2 Å². The van der Waals surface area contributed by atoms with Gasteiger partial charge in [0.2, 0.25) is 11.7 Å². The van der Waals surface area contributed by atoms with Crippen LogP contribution in [0.1, 0.15) is 41.2 Å². The molecule has 0 atom stereocenters.